The first-order valence-corrected chi connectivity index (χ1v) is 8.88. The molecule has 3 heteroatoms. The van der Waals surface area contributed by atoms with Crippen LogP contribution in [0.5, 0.6) is 0 Å². The average molecular weight is 328 g/mol. The summed E-state index contributed by atoms with van der Waals surface area (Å²) in [7, 11) is 0. The zero-order valence-corrected chi connectivity index (χ0v) is 13.9. The molecule has 4 rings (SSSR count). The van der Waals surface area contributed by atoms with Crippen LogP contribution in [0.15, 0.2) is 90.1 Å². The van der Waals surface area contributed by atoms with E-state index in [1.807, 2.05) is 36.4 Å². The summed E-state index contributed by atoms with van der Waals surface area (Å²) in [5.74, 6) is 0.868. The van der Waals surface area contributed by atoms with Gasteiger partial charge in [0.15, 0.2) is 5.16 Å². The number of hydrogen-bond donors (Lipinski definition) is 0. The molecule has 2 nitrogen and oxygen atoms in total. The van der Waals surface area contributed by atoms with Gasteiger partial charge in [0.1, 0.15) is 0 Å². The Bertz CT molecular complexity index is 953. The monoisotopic (exact) mass is 328 g/mol. The van der Waals surface area contributed by atoms with E-state index in [0.717, 1.165) is 33.1 Å². The molecule has 0 bridgehead atoms. The highest BCUT2D eigenvalue weighted by Crippen LogP contribution is 2.29. The minimum absolute atomic E-state index is 0.816. The molecule has 116 valence electrons. The molecule has 0 amide bonds. The molecule has 0 aliphatic heterocycles. The van der Waals surface area contributed by atoms with Gasteiger partial charge in [0, 0.05) is 16.7 Å². The molecular formula is C21H16N2S. The van der Waals surface area contributed by atoms with Crippen LogP contribution in [0.3, 0.4) is 0 Å². The average Bonchev–Trinajstić information content (AvgIpc) is 2.67. The van der Waals surface area contributed by atoms with E-state index >= 15 is 0 Å². The van der Waals surface area contributed by atoms with Crippen molar-refractivity contribution in [1.29, 1.82) is 0 Å². The molecule has 0 N–H and O–H groups in total. The van der Waals surface area contributed by atoms with Crippen molar-refractivity contribution in [3.05, 3.63) is 90.5 Å². The van der Waals surface area contributed by atoms with Gasteiger partial charge in [0.25, 0.3) is 0 Å². The molecule has 0 saturated heterocycles. The molecule has 0 saturated carbocycles. The normalized spacial score (nSPS) is 10.8. The third-order valence-corrected chi connectivity index (χ3v) is 4.76. The summed E-state index contributed by atoms with van der Waals surface area (Å²) in [5.41, 5.74) is 4.39. The number of aromatic nitrogens is 2. The lowest BCUT2D eigenvalue weighted by atomic mass is 10.1. The zero-order valence-electron chi connectivity index (χ0n) is 13.1. The van der Waals surface area contributed by atoms with Crippen molar-refractivity contribution in [2.45, 2.75) is 10.9 Å². The van der Waals surface area contributed by atoms with E-state index in [-0.39, 0.29) is 0 Å². The molecule has 4 aromatic rings. The van der Waals surface area contributed by atoms with Crippen LogP contribution in [0.1, 0.15) is 5.56 Å². The maximum Gasteiger partial charge on any atom is 0.189 e. The number of thioether (sulfide) groups is 1. The SMILES string of the molecule is c1ccc(CSc2nc(-c3ccccc3)c3ccccc3n2)cc1. The topological polar surface area (TPSA) is 25.8 Å². The van der Waals surface area contributed by atoms with Gasteiger partial charge >= 0.3 is 0 Å². The number of para-hydroxylation sites is 1. The van der Waals surface area contributed by atoms with Gasteiger partial charge in [-0.2, -0.15) is 0 Å². The van der Waals surface area contributed by atoms with Crippen molar-refractivity contribution in [3.8, 4) is 11.3 Å². The summed E-state index contributed by atoms with van der Waals surface area (Å²) >= 11 is 1.67. The predicted molar refractivity (Wildman–Crippen MR) is 101 cm³/mol. The summed E-state index contributed by atoms with van der Waals surface area (Å²) in [6.07, 6.45) is 0. The Morgan fingerprint density at radius 2 is 1.33 bits per heavy atom. The molecule has 1 aromatic heterocycles. The van der Waals surface area contributed by atoms with Crippen molar-refractivity contribution in [3.63, 3.8) is 0 Å². The molecule has 0 radical (unpaired) electrons. The molecule has 0 aliphatic rings. The molecule has 24 heavy (non-hydrogen) atoms. The first-order chi connectivity index (χ1) is 11.9. The van der Waals surface area contributed by atoms with E-state index in [1.54, 1.807) is 11.8 Å². The van der Waals surface area contributed by atoms with Crippen molar-refractivity contribution < 1.29 is 0 Å². The molecule has 0 aliphatic carbocycles. The van der Waals surface area contributed by atoms with Crippen molar-refractivity contribution in [2.24, 2.45) is 0 Å². The minimum atomic E-state index is 0.816. The molecule has 0 atom stereocenters. The Morgan fingerprint density at radius 1 is 0.667 bits per heavy atom. The van der Waals surface area contributed by atoms with Crippen LogP contribution in [0, 0.1) is 0 Å². The summed E-state index contributed by atoms with van der Waals surface area (Å²) in [6, 6.07) is 28.9. The number of benzene rings is 3. The highest BCUT2D eigenvalue weighted by molar-refractivity contribution is 7.98. The number of hydrogen-bond acceptors (Lipinski definition) is 3. The number of rotatable bonds is 4. The smallest absolute Gasteiger partial charge is 0.189 e. The number of nitrogens with zero attached hydrogens (tertiary/aromatic N) is 2. The lowest BCUT2D eigenvalue weighted by Gasteiger charge is -2.08. The van der Waals surface area contributed by atoms with E-state index in [4.69, 9.17) is 9.97 Å². The number of fused-ring (bicyclic) bond motifs is 1. The van der Waals surface area contributed by atoms with Crippen LogP contribution in [0.4, 0.5) is 0 Å². The highest BCUT2D eigenvalue weighted by atomic mass is 32.2. The van der Waals surface area contributed by atoms with E-state index in [0.29, 0.717) is 0 Å². The molecule has 1 heterocycles. The van der Waals surface area contributed by atoms with Crippen LogP contribution < -0.4 is 0 Å². The van der Waals surface area contributed by atoms with Crippen LogP contribution in [-0.4, -0.2) is 9.97 Å². The lowest BCUT2D eigenvalue weighted by Crippen LogP contribution is -1.94. The van der Waals surface area contributed by atoms with Gasteiger partial charge in [-0.1, -0.05) is 90.6 Å². The van der Waals surface area contributed by atoms with Gasteiger partial charge in [0.05, 0.1) is 11.2 Å². The summed E-state index contributed by atoms with van der Waals surface area (Å²) < 4.78 is 0. The summed E-state index contributed by atoms with van der Waals surface area (Å²) in [4.78, 5) is 9.57. The fourth-order valence-electron chi connectivity index (χ4n) is 2.66. The minimum Gasteiger partial charge on any atom is -0.222 e. The van der Waals surface area contributed by atoms with E-state index in [2.05, 4.69) is 48.5 Å². The first-order valence-electron chi connectivity index (χ1n) is 7.89. The second kappa shape index (κ2) is 6.85. The van der Waals surface area contributed by atoms with Crippen molar-refractivity contribution in [2.75, 3.05) is 0 Å². The van der Waals surface area contributed by atoms with Gasteiger partial charge in [-0.3, -0.25) is 0 Å². The van der Waals surface area contributed by atoms with Crippen LogP contribution in [-0.2, 0) is 5.75 Å². The quantitative estimate of drug-likeness (QED) is 0.361. The van der Waals surface area contributed by atoms with E-state index < -0.39 is 0 Å². The van der Waals surface area contributed by atoms with E-state index in [9.17, 15) is 0 Å². The fourth-order valence-corrected chi connectivity index (χ4v) is 3.46. The molecule has 0 fully saturated rings. The van der Waals surface area contributed by atoms with Crippen LogP contribution in [0.2, 0.25) is 0 Å². The van der Waals surface area contributed by atoms with Gasteiger partial charge in [0.2, 0.25) is 0 Å². The van der Waals surface area contributed by atoms with Crippen molar-refractivity contribution in [1.82, 2.24) is 9.97 Å². The Kier molecular flexibility index (Phi) is 4.26. The van der Waals surface area contributed by atoms with Crippen molar-refractivity contribution >= 4 is 22.7 Å². The third kappa shape index (κ3) is 3.17. The van der Waals surface area contributed by atoms with Gasteiger partial charge in [-0.25, -0.2) is 9.97 Å². The van der Waals surface area contributed by atoms with Crippen LogP contribution in [0.25, 0.3) is 22.2 Å². The largest absolute Gasteiger partial charge is 0.222 e. The van der Waals surface area contributed by atoms with Gasteiger partial charge < -0.3 is 0 Å². The predicted octanol–water partition coefficient (Wildman–Crippen LogP) is 5.59. The summed E-state index contributed by atoms with van der Waals surface area (Å²) in [5, 5.41) is 1.91. The Balaban J connectivity index is 1.74. The fraction of sp³-hybridized carbons (Fsp3) is 0.0476. The lowest BCUT2D eigenvalue weighted by molar-refractivity contribution is 1.01. The molecule has 0 unspecified atom stereocenters. The third-order valence-electron chi connectivity index (χ3n) is 3.84. The maximum atomic E-state index is 4.84. The summed E-state index contributed by atoms with van der Waals surface area (Å²) in [6.45, 7) is 0. The Hall–Kier alpha value is -2.65. The molecule has 3 aromatic carbocycles. The second-order valence-electron chi connectivity index (χ2n) is 5.51. The Morgan fingerprint density at radius 3 is 2.12 bits per heavy atom. The van der Waals surface area contributed by atoms with E-state index in [1.165, 1.54) is 5.56 Å². The zero-order chi connectivity index (χ0) is 16.2. The second-order valence-corrected chi connectivity index (χ2v) is 6.45. The van der Waals surface area contributed by atoms with Gasteiger partial charge in [-0.15, -0.1) is 0 Å². The van der Waals surface area contributed by atoms with Gasteiger partial charge in [-0.05, 0) is 11.6 Å². The Labute approximate surface area is 145 Å². The molecule has 0 spiro atoms. The standard InChI is InChI=1S/C21H16N2S/c1-3-9-16(10-4-1)15-24-21-22-19-14-8-7-13-18(19)20(23-21)17-11-5-2-6-12-17/h1-14H,15H2. The first kappa shape index (κ1) is 14.9. The maximum absolute atomic E-state index is 4.84. The van der Waals surface area contributed by atoms with Crippen LogP contribution >= 0.6 is 11.8 Å². The highest BCUT2D eigenvalue weighted by Gasteiger charge is 2.10. The molecular weight excluding hydrogens is 312 g/mol.